The van der Waals surface area contributed by atoms with Crippen molar-refractivity contribution >= 4 is 66.5 Å². The van der Waals surface area contributed by atoms with Crippen molar-refractivity contribution in [2.75, 3.05) is 0 Å². The first-order chi connectivity index (χ1) is 12.5. The van der Waals surface area contributed by atoms with Crippen LogP contribution in [0.25, 0.3) is 10.2 Å². The summed E-state index contributed by atoms with van der Waals surface area (Å²) in [6, 6.07) is 6.26. The molecule has 1 unspecified atom stereocenters. The fraction of sp³-hybridized carbons (Fsp3) is 0.176. The molecule has 1 aromatic carbocycles. The number of thiophene rings is 1. The number of carbonyl (C=O) groups excluding carboxylic acids is 1. The summed E-state index contributed by atoms with van der Waals surface area (Å²) in [5.74, 6) is -0.870. The average Bonchev–Trinajstić information content (AvgIpc) is 2.96. The van der Waals surface area contributed by atoms with Gasteiger partial charge in [0.2, 0.25) is 0 Å². The lowest BCUT2D eigenvalue weighted by Crippen LogP contribution is -2.44. The number of fused-ring (bicyclic) bond motifs is 1. The van der Waals surface area contributed by atoms with Crippen molar-refractivity contribution in [3.8, 4) is 0 Å². The van der Waals surface area contributed by atoms with Gasteiger partial charge in [0, 0.05) is 26.1 Å². The van der Waals surface area contributed by atoms with E-state index in [9.17, 15) is 23.1 Å². The number of alkyl halides is 3. The van der Waals surface area contributed by atoms with Crippen molar-refractivity contribution in [3.05, 3.63) is 61.5 Å². The van der Waals surface area contributed by atoms with E-state index in [1.807, 2.05) is 0 Å². The summed E-state index contributed by atoms with van der Waals surface area (Å²) < 4.78 is 41.7. The first-order valence-corrected chi connectivity index (χ1v) is 9.70. The number of pyridine rings is 1. The van der Waals surface area contributed by atoms with E-state index in [2.05, 4.69) is 20.9 Å². The van der Waals surface area contributed by atoms with Crippen LogP contribution in [0.15, 0.2) is 41.0 Å². The Morgan fingerprint density at radius 3 is 2.37 bits per heavy atom. The van der Waals surface area contributed by atoms with Crippen LogP contribution in [-0.4, -0.2) is 22.1 Å². The number of aliphatic hydroxyl groups is 1. The topological polar surface area (TPSA) is 50.2 Å². The van der Waals surface area contributed by atoms with Crippen LogP contribution < -0.4 is 0 Å². The van der Waals surface area contributed by atoms with Gasteiger partial charge >= 0.3 is 6.18 Å². The fourth-order valence-electron chi connectivity index (χ4n) is 2.52. The Bertz CT molecular complexity index is 1020. The van der Waals surface area contributed by atoms with Crippen LogP contribution in [0, 0.1) is 0 Å². The van der Waals surface area contributed by atoms with Gasteiger partial charge < -0.3 is 5.11 Å². The smallest absolute Gasteiger partial charge is 0.376 e. The van der Waals surface area contributed by atoms with Gasteiger partial charge in [-0.2, -0.15) is 13.2 Å². The van der Waals surface area contributed by atoms with E-state index < -0.39 is 29.5 Å². The zero-order chi connectivity index (χ0) is 20.0. The van der Waals surface area contributed by atoms with Crippen molar-refractivity contribution in [1.82, 2.24) is 4.98 Å². The highest BCUT2D eigenvalue weighted by atomic mass is 79.9. The Labute approximate surface area is 173 Å². The maximum Gasteiger partial charge on any atom is 0.421 e. The molecule has 27 heavy (non-hydrogen) atoms. The molecule has 0 amide bonds. The fourth-order valence-corrected chi connectivity index (χ4v) is 4.32. The van der Waals surface area contributed by atoms with Crippen molar-refractivity contribution in [1.29, 1.82) is 0 Å². The largest absolute Gasteiger partial charge is 0.421 e. The summed E-state index contributed by atoms with van der Waals surface area (Å²) in [6.07, 6.45) is -4.80. The molecule has 1 atom stereocenters. The molecule has 2 aromatic heterocycles. The molecule has 0 saturated heterocycles. The molecule has 0 radical (unpaired) electrons. The van der Waals surface area contributed by atoms with Gasteiger partial charge in [0.25, 0.3) is 0 Å². The van der Waals surface area contributed by atoms with Gasteiger partial charge in [-0.3, -0.25) is 4.79 Å². The van der Waals surface area contributed by atoms with E-state index in [0.717, 1.165) is 23.5 Å². The number of rotatable bonds is 4. The molecule has 0 aliphatic rings. The molecular formula is C17H9BrCl2F3NO2S. The molecule has 3 aromatic rings. The molecule has 3 rings (SSSR count). The van der Waals surface area contributed by atoms with E-state index >= 15 is 0 Å². The molecule has 0 saturated carbocycles. The Morgan fingerprint density at radius 2 is 1.78 bits per heavy atom. The number of benzene rings is 1. The highest BCUT2D eigenvalue weighted by molar-refractivity contribution is 9.10. The summed E-state index contributed by atoms with van der Waals surface area (Å²) in [6.45, 7) is 0. The number of aromatic nitrogens is 1. The Hall–Kier alpha value is -1.19. The summed E-state index contributed by atoms with van der Waals surface area (Å²) in [5, 5.41) is 10.9. The first-order valence-electron chi connectivity index (χ1n) is 7.33. The molecule has 2 heterocycles. The van der Waals surface area contributed by atoms with Crippen LogP contribution in [0.4, 0.5) is 13.2 Å². The molecule has 10 heteroatoms. The maximum atomic E-state index is 13.7. The molecule has 0 spiro atoms. The summed E-state index contributed by atoms with van der Waals surface area (Å²) in [5.41, 5.74) is -4.02. The van der Waals surface area contributed by atoms with Crippen LogP contribution in [0.5, 0.6) is 0 Å². The van der Waals surface area contributed by atoms with E-state index in [1.165, 1.54) is 18.3 Å². The number of Topliss-reactive ketones (excluding diaryl/α,β-unsaturated/α-hetero) is 1. The minimum atomic E-state index is -5.12. The van der Waals surface area contributed by atoms with E-state index in [-0.39, 0.29) is 14.9 Å². The van der Waals surface area contributed by atoms with Crippen LogP contribution in [0.2, 0.25) is 10.0 Å². The van der Waals surface area contributed by atoms with Crippen molar-refractivity contribution in [3.63, 3.8) is 0 Å². The zero-order valence-corrected chi connectivity index (χ0v) is 17.1. The van der Waals surface area contributed by atoms with Crippen LogP contribution in [0.1, 0.15) is 21.7 Å². The maximum absolute atomic E-state index is 13.7. The van der Waals surface area contributed by atoms with Crippen molar-refractivity contribution in [2.45, 2.75) is 18.2 Å². The molecule has 0 aliphatic carbocycles. The van der Waals surface area contributed by atoms with Crippen LogP contribution in [0.3, 0.4) is 0 Å². The minimum absolute atomic E-state index is 0.0615. The lowest BCUT2D eigenvalue weighted by molar-refractivity contribution is -0.264. The van der Waals surface area contributed by atoms with Gasteiger partial charge in [0.05, 0.1) is 11.3 Å². The number of nitrogens with zero attached hydrogens (tertiary/aromatic N) is 1. The Balaban J connectivity index is 2.02. The highest BCUT2D eigenvalue weighted by Gasteiger charge is 2.56. The number of halogens is 6. The molecule has 0 bridgehead atoms. The average molecular weight is 499 g/mol. The highest BCUT2D eigenvalue weighted by Crippen LogP contribution is 2.44. The minimum Gasteiger partial charge on any atom is -0.376 e. The second-order valence-electron chi connectivity index (χ2n) is 5.77. The lowest BCUT2D eigenvalue weighted by Gasteiger charge is -2.30. The third-order valence-electron chi connectivity index (χ3n) is 3.84. The third kappa shape index (κ3) is 4.14. The third-order valence-corrected chi connectivity index (χ3v) is 5.81. The Morgan fingerprint density at radius 1 is 1.15 bits per heavy atom. The van der Waals surface area contributed by atoms with Gasteiger partial charge in [0.15, 0.2) is 11.4 Å². The molecule has 1 N–H and O–H groups in total. The van der Waals surface area contributed by atoms with Crippen LogP contribution in [-0.2, 0) is 5.60 Å². The Kier molecular flexibility index (Phi) is 5.58. The lowest BCUT2D eigenvalue weighted by atomic mass is 9.87. The second kappa shape index (κ2) is 7.33. The molecule has 0 fully saturated rings. The van der Waals surface area contributed by atoms with Crippen molar-refractivity contribution < 1.29 is 23.1 Å². The van der Waals surface area contributed by atoms with Gasteiger partial charge in [-0.15, -0.1) is 11.3 Å². The standard InChI is InChI=1S/C17H9BrCl2F3NO2S/c18-10-1-8-2-14(27-15(8)24-7-10)13(25)6-16(26,17(21,22)23)9-3-11(19)5-12(20)4-9/h1-5,7,26H,6H2. The summed E-state index contributed by atoms with van der Waals surface area (Å²) in [7, 11) is 0. The predicted molar refractivity (Wildman–Crippen MR) is 103 cm³/mol. The van der Waals surface area contributed by atoms with E-state index in [1.54, 1.807) is 6.07 Å². The summed E-state index contributed by atoms with van der Waals surface area (Å²) in [4.78, 5) is 17.2. The molecule has 3 nitrogen and oxygen atoms in total. The quantitative estimate of drug-likeness (QED) is 0.424. The number of ketones is 1. The van der Waals surface area contributed by atoms with Crippen LogP contribution >= 0.6 is 50.5 Å². The van der Waals surface area contributed by atoms with E-state index in [4.69, 9.17) is 23.2 Å². The number of hydrogen-bond acceptors (Lipinski definition) is 4. The number of carbonyl (C=O) groups is 1. The first kappa shape index (κ1) is 20.5. The zero-order valence-electron chi connectivity index (χ0n) is 13.1. The molecule has 142 valence electrons. The second-order valence-corrected chi connectivity index (χ2v) is 8.59. The summed E-state index contributed by atoms with van der Waals surface area (Å²) >= 11 is 15.7. The monoisotopic (exact) mass is 497 g/mol. The number of hydrogen-bond donors (Lipinski definition) is 1. The van der Waals surface area contributed by atoms with Gasteiger partial charge in [-0.05, 0) is 51.8 Å². The predicted octanol–water partition coefficient (Wildman–Crippen LogP) is 6.39. The SMILES string of the molecule is O=C(CC(O)(c1cc(Cl)cc(Cl)c1)C(F)(F)F)c1cc2cc(Br)cnc2s1. The normalized spacial score (nSPS) is 14.3. The molecule has 0 aliphatic heterocycles. The van der Waals surface area contributed by atoms with Gasteiger partial charge in [-0.1, -0.05) is 23.2 Å². The van der Waals surface area contributed by atoms with Crippen molar-refractivity contribution in [2.24, 2.45) is 0 Å². The molecular weight excluding hydrogens is 490 g/mol. The van der Waals surface area contributed by atoms with E-state index in [0.29, 0.717) is 14.7 Å². The van der Waals surface area contributed by atoms with Gasteiger partial charge in [0.1, 0.15) is 4.83 Å². The van der Waals surface area contributed by atoms with Gasteiger partial charge in [-0.25, -0.2) is 4.98 Å².